The second-order valence-corrected chi connectivity index (χ2v) is 7.91. The minimum atomic E-state index is 0.0389. The van der Waals surface area contributed by atoms with Crippen molar-refractivity contribution in [2.75, 3.05) is 26.2 Å². The topological polar surface area (TPSA) is 69.5 Å². The monoisotopic (exact) mass is 426 g/mol. The lowest BCUT2D eigenvalue weighted by atomic mass is 10.1. The van der Waals surface area contributed by atoms with Gasteiger partial charge in [-0.1, -0.05) is 24.3 Å². The van der Waals surface area contributed by atoms with Gasteiger partial charge in [-0.25, -0.2) is 0 Å². The van der Waals surface area contributed by atoms with E-state index in [9.17, 15) is 4.79 Å². The second kappa shape index (κ2) is 10.6. The molecule has 1 saturated heterocycles. The Balaban J connectivity index is 1.33. The summed E-state index contributed by atoms with van der Waals surface area (Å²) in [6, 6.07) is 21.1. The van der Waals surface area contributed by atoms with Crippen LogP contribution in [-0.4, -0.2) is 46.9 Å². The number of carbonyl (C=O) groups is 1. The molecule has 32 heavy (non-hydrogen) atoms. The molecular weight excluding hydrogens is 400 g/mol. The molecule has 6 heteroatoms. The first-order valence-corrected chi connectivity index (χ1v) is 10.8. The summed E-state index contributed by atoms with van der Waals surface area (Å²) < 4.78 is 5.86. The highest BCUT2D eigenvalue weighted by atomic mass is 16.5. The van der Waals surface area contributed by atoms with Crippen LogP contribution in [0.1, 0.15) is 33.5 Å². The van der Waals surface area contributed by atoms with E-state index >= 15 is 0 Å². The number of nitriles is 1. The number of ether oxygens (including phenoxy) is 1. The summed E-state index contributed by atoms with van der Waals surface area (Å²) in [5.74, 6) is 0.717. The third-order valence-corrected chi connectivity index (χ3v) is 5.57. The van der Waals surface area contributed by atoms with Crippen LogP contribution in [0, 0.1) is 11.3 Å². The number of benzene rings is 2. The van der Waals surface area contributed by atoms with Crippen LogP contribution in [0.5, 0.6) is 5.75 Å². The Morgan fingerprint density at radius 3 is 2.66 bits per heavy atom. The summed E-state index contributed by atoms with van der Waals surface area (Å²) in [6.45, 7) is 4.44. The van der Waals surface area contributed by atoms with E-state index in [1.165, 1.54) is 5.56 Å². The Kier molecular flexibility index (Phi) is 7.11. The van der Waals surface area contributed by atoms with Crippen LogP contribution in [0.2, 0.25) is 0 Å². The third kappa shape index (κ3) is 5.71. The molecule has 1 aliphatic rings. The molecule has 1 fully saturated rings. The maximum atomic E-state index is 13.1. The van der Waals surface area contributed by atoms with Crippen molar-refractivity contribution in [3.8, 4) is 11.8 Å². The zero-order chi connectivity index (χ0) is 22.2. The molecule has 1 amide bonds. The van der Waals surface area contributed by atoms with Gasteiger partial charge in [0.2, 0.25) is 0 Å². The lowest BCUT2D eigenvalue weighted by Crippen LogP contribution is -2.35. The Morgan fingerprint density at radius 1 is 1.00 bits per heavy atom. The number of aromatic nitrogens is 1. The molecule has 0 atom stereocenters. The summed E-state index contributed by atoms with van der Waals surface area (Å²) in [6.07, 6.45) is 4.44. The minimum absolute atomic E-state index is 0.0389. The van der Waals surface area contributed by atoms with Crippen LogP contribution < -0.4 is 4.74 Å². The maximum Gasteiger partial charge on any atom is 0.254 e. The zero-order valence-corrected chi connectivity index (χ0v) is 18.0. The molecule has 2 heterocycles. The van der Waals surface area contributed by atoms with E-state index in [0.717, 1.165) is 38.2 Å². The number of amides is 1. The van der Waals surface area contributed by atoms with Gasteiger partial charge in [0, 0.05) is 56.2 Å². The number of pyridine rings is 1. The highest BCUT2D eigenvalue weighted by Gasteiger charge is 2.20. The number of carbonyl (C=O) groups excluding carboxylic acids is 1. The predicted octanol–water partition coefficient (Wildman–Crippen LogP) is 3.88. The maximum absolute atomic E-state index is 13.1. The van der Waals surface area contributed by atoms with Crippen molar-refractivity contribution in [3.63, 3.8) is 0 Å². The van der Waals surface area contributed by atoms with Gasteiger partial charge in [0.05, 0.1) is 11.6 Å². The van der Waals surface area contributed by atoms with Crippen molar-refractivity contribution < 1.29 is 9.53 Å². The lowest BCUT2D eigenvalue weighted by Gasteiger charge is -2.22. The summed E-state index contributed by atoms with van der Waals surface area (Å²) in [4.78, 5) is 21.5. The quantitative estimate of drug-likeness (QED) is 0.598. The van der Waals surface area contributed by atoms with Gasteiger partial charge in [-0.05, 0) is 48.4 Å². The second-order valence-electron chi connectivity index (χ2n) is 7.91. The first-order chi connectivity index (χ1) is 15.7. The lowest BCUT2D eigenvalue weighted by molar-refractivity contribution is 0.0760. The standard InChI is InChI=1S/C26H26N4O2/c27-17-21-7-9-22(10-8-21)19-29-12-3-13-30(15-14-29)26(31)24-5-1-6-25(16-24)32-20-23-4-2-11-28-18-23/h1-2,4-11,16,18H,3,12-15,19-20H2. The molecule has 3 aromatic rings. The summed E-state index contributed by atoms with van der Waals surface area (Å²) >= 11 is 0. The first-order valence-electron chi connectivity index (χ1n) is 10.8. The molecule has 0 saturated carbocycles. The van der Waals surface area contributed by atoms with Gasteiger partial charge in [-0.15, -0.1) is 0 Å². The Bertz CT molecular complexity index is 1080. The van der Waals surface area contributed by atoms with Crippen molar-refractivity contribution in [2.24, 2.45) is 0 Å². The smallest absolute Gasteiger partial charge is 0.254 e. The Hall–Kier alpha value is -3.69. The van der Waals surface area contributed by atoms with Crippen LogP contribution in [0.3, 0.4) is 0 Å². The average Bonchev–Trinajstić information content (AvgIpc) is 3.09. The molecule has 1 aromatic heterocycles. The van der Waals surface area contributed by atoms with Gasteiger partial charge in [0.15, 0.2) is 0 Å². The van der Waals surface area contributed by atoms with E-state index in [2.05, 4.69) is 16.0 Å². The molecule has 0 aliphatic carbocycles. The van der Waals surface area contributed by atoms with Crippen molar-refractivity contribution in [1.82, 2.24) is 14.8 Å². The molecule has 4 rings (SSSR count). The van der Waals surface area contributed by atoms with E-state index in [1.54, 1.807) is 12.4 Å². The molecule has 162 valence electrons. The molecular formula is C26H26N4O2. The zero-order valence-electron chi connectivity index (χ0n) is 18.0. The van der Waals surface area contributed by atoms with Crippen LogP contribution in [0.4, 0.5) is 0 Å². The van der Waals surface area contributed by atoms with Gasteiger partial charge < -0.3 is 9.64 Å². The van der Waals surface area contributed by atoms with Gasteiger partial charge >= 0.3 is 0 Å². The number of nitrogens with zero attached hydrogens (tertiary/aromatic N) is 4. The van der Waals surface area contributed by atoms with E-state index in [-0.39, 0.29) is 5.91 Å². The Morgan fingerprint density at radius 2 is 1.88 bits per heavy atom. The number of rotatable bonds is 6. The predicted molar refractivity (Wildman–Crippen MR) is 122 cm³/mol. The van der Waals surface area contributed by atoms with Crippen molar-refractivity contribution in [1.29, 1.82) is 5.26 Å². The van der Waals surface area contributed by atoms with Gasteiger partial charge in [0.25, 0.3) is 5.91 Å². The van der Waals surface area contributed by atoms with Crippen LogP contribution in [0.25, 0.3) is 0 Å². The fourth-order valence-electron chi connectivity index (χ4n) is 3.83. The average molecular weight is 427 g/mol. The molecule has 6 nitrogen and oxygen atoms in total. The summed E-state index contributed by atoms with van der Waals surface area (Å²) in [5.41, 5.74) is 3.49. The molecule has 2 aromatic carbocycles. The first kappa shape index (κ1) is 21.5. The van der Waals surface area contributed by atoms with Gasteiger partial charge in [-0.2, -0.15) is 5.26 Å². The highest BCUT2D eigenvalue weighted by molar-refractivity contribution is 5.94. The van der Waals surface area contributed by atoms with Crippen molar-refractivity contribution >= 4 is 5.91 Å². The molecule has 1 aliphatic heterocycles. The molecule has 0 bridgehead atoms. The Labute approximate surface area is 188 Å². The molecule has 0 spiro atoms. The fourth-order valence-corrected chi connectivity index (χ4v) is 3.83. The summed E-state index contributed by atoms with van der Waals surface area (Å²) in [7, 11) is 0. The molecule has 0 unspecified atom stereocenters. The molecule has 0 N–H and O–H groups in total. The van der Waals surface area contributed by atoms with E-state index < -0.39 is 0 Å². The SMILES string of the molecule is N#Cc1ccc(CN2CCCN(C(=O)c3cccc(OCc4cccnc4)c3)CC2)cc1. The van der Waals surface area contributed by atoms with Crippen LogP contribution >= 0.6 is 0 Å². The van der Waals surface area contributed by atoms with Crippen molar-refractivity contribution in [2.45, 2.75) is 19.6 Å². The van der Waals surface area contributed by atoms with E-state index in [0.29, 0.717) is 30.0 Å². The third-order valence-electron chi connectivity index (χ3n) is 5.57. The molecule has 0 radical (unpaired) electrons. The highest BCUT2D eigenvalue weighted by Crippen LogP contribution is 2.18. The largest absolute Gasteiger partial charge is 0.489 e. The number of hydrogen-bond donors (Lipinski definition) is 0. The van der Waals surface area contributed by atoms with Crippen LogP contribution in [-0.2, 0) is 13.2 Å². The normalized spacial score (nSPS) is 14.4. The van der Waals surface area contributed by atoms with E-state index in [4.69, 9.17) is 10.00 Å². The van der Waals surface area contributed by atoms with Crippen molar-refractivity contribution in [3.05, 3.63) is 95.3 Å². The minimum Gasteiger partial charge on any atom is -0.489 e. The van der Waals surface area contributed by atoms with Gasteiger partial charge in [-0.3, -0.25) is 14.7 Å². The fraction of sp³-hybridized carbons (Fsp3) is 0.269. The number of hydrogen-bond acceptors (Lipinski definition) is 5. The summed E-state index contributed by atoms with van der Waals surface area (Å²) in [5, 5.41) is 8.95. The van der Waals surface area contributed by atoms with Gasteiger partial charge in [0.1, 0.15) is 12.4 Å². The van der Waals surface area contributed by atoms with E-state index in [1.807, 2.05) is 65.6 Å². The van der Waals surface area contributed by atoms with Crippen LogP contribution in [0.15, 0.2) is 73.1 Å².